The van der Waals surface area contributed by atoms with Crippen LogP contribution < -0.4 is 4.74 Å². The summed E-state index contributed by atoms with van der Waals surface area (Å²) in [5.74, 6) is -0.540. The van der Waals surface area contributed by atoms with E-state index in [1.807, 2.05) is 0 Å². The van der Waals surface area contributed by atoms with E-state index in [-0.39, 0.29) is 17.1 Å². The van der Waals surface area contributed by atoms with Crippen LogP contribution in [0.1, 0.15) is 14.5 Å². The summed E-state index contributed by atoms with van der Waals surface area (Å²) in [5, 5.41) is 9.20. The van der Waals surface area contributed by atoms with E-state index in [4.69, 9.17) is 4.11 Å². The maximum Gasteiger partial charge on any atom is 0.161 e. The molecule has 0 bridgehead atoms. The maximum absolute atomic E-state index is 10.4. The van der Waals surface area contributed by atoms with Crippen LogP contribution in [0.5, 0.6) is 11.5 Å². The van der Waals surface area contributed by atoms with E-state index < -0.39 is 7.04 Å². The molecule has 3 nitrogen and oxygen atoms in total. The fraction of sp³-hybridized carbons (Fsp3) is 0.125. The molecule has 1 rings (SSSR count). The number of aromatic hydroxyl groups is 1. The van der Waals surface area contributed by atoms with Gasteiger partial charge in [0.05, 0.1) is 11.2 Å². The maximum atomic E-state index is 10.4. The summed E-state index contributed by atoms with van der Waals surface area (Å²) in [4.78, 5) is 10.4. The summed E-state index contributed by atoms with van der Waals surface area (Å²) < 4.78 is 24.9. The Morgan fingerprint density at radius 3 is 3.18 bits per heavy atom. The fourth-order valence-electron chi connectivity index (χ4n) is 0.686. The fourth-order valence-corrected chi connectivity index (χ4v) is 0.686. The molecule has 0 unspecified atom stereocenters. The summed E-state index contributed by atoms with van der Waals surface area (Å²) >= 11 is 0. The summed E-state index contributed by atoms with van der Waals surface area (Å²) in [6, 6.07) is 3.72. The molecular weight excluding hydrogens is 145 g/mol. The van der Waals surface area contributed by atoms with Gasteiger partial charge in [-0.2, -0.15) is 0 Å². The molecule has 0 aliphatic heterocycles. The lowest BCUT2D eigenvalue weighted by atomic mass is 10.2. The van der Waals surface area contributed by atoms with Crippen LogP contribution in [-0.4, -0.2) is 18.4 Å². The number of aldehydes is 1. The van der Waals surface area contributed by atoms with E-state index >= 15 is 0 Å². The largest absolute Gasteiger partial charge is 0.504 e. The minimum Gasteiger partial charge on any atom is -0.504 e. The van der Waals surface area contributed by atoms with Crippen molar-refractivity contribution in [2.75, 3.05) is 7.04 Å². The summed E-state index contributed by atoms with van der Waals surface area (Å²) in [5.41, 5.74) is 0.238. The van der Waals surface area contributed by atoms with Crippen LogP contribution in [-0.2, 0) is 0 Å². The molecule has 0 fully saturated rings. The molecule has 0 aliphatic rings. The first-order chi connectivity index (χ1) is 6.42. The Balaban J connectivity index is 3.01. The van der Waals surface area contributed by atoms with E-state index in [0.29, 0.717) is 6.29 Å². The quantitative estimate of drug-likeness (QED) is 0.517. The van der Waals surface area contributed by atoms with Crippen molar-refractivity contribution in [3.05, 3.63) is 23.8 Å². The van der Waals surface area contributed by atoms with Crippen LogP contribution in [0.15, 0.2) is 18.2 Å². The summed E-state index contributed by atoms with van der Waals surface area (Å²) in [6.07, 6.45) is 0.534. The number of carbonyl (C=O) groups excluding carboxylic acids is 1. The normalized spacial score (nSPS) is 14.4. The molecule has 58 valence electrons. The highest BCUT2D eigenvalue weighted by Gasteiger charge is 2.00. The second-order valence-electron chi connectivity index (χ2n) is 1.95. The highest BCUT2D eigenvalue weighted by molar-refractivity contribution is 5.76. The van der Waals surface area contributed by atoms with Crippen molar-refractivity contribution in [3.8, 4) is 11.5 Å². The molecule has 0 heterocycles. The molecule has 0 atom stereocenters. The molecule has 0 saturated carbocycles. The number of benzene rings is 1. The smallest absolute Gasteiger partial charge is 0.161 e. The molecule has 0 saturated heterocycles. The van der Waals surface area contributed by atoms with Crippen molar-refractivity contribution < 1.29 is 18.8 Å². The number of carbonyl (C=O) groups is 1. The van der Waals surface area contributed by atoms with Crippen molar-refractivity contribution in [1.29, 1.82) is 0 Å². The van der Waals surface area contributed by atoms with Crippen LogP contribution in [0.4, 0.5) is 0 Å². The third-order valence-electron chi connectivity index (χ3n) is 1.23. The Hall–Kier alpha value is -1.51. The second kappa shape index (κ2) is 3.05. The van der Waals surface area contributed by atoms with Gasteiger partial charge in [-0.3, -0.25) is 4.79 Å². The van der Waals surface area contributed by atoms with Crippen molar-refractivity contribution in [2.45, 2.75) is 0 Å². The minimum absolute atomic E-state index is 0.227. The Morgan fingerprint density at radius 2 is 2.55 bits per heavy atom. The van der Waals surface area contributed by atoms with Crippen molar-refractivity contribution in [3.63, 3.8) is 0 Å². The Morgan fingerprint density at radius 1 is 1.73 bits per heavy atom. The molecule has 3 heteroatoms. The molecular formula is C8H8O3. The highest BCUT2D eigenvalue weighted by atomic mass is 16.5. The van der Waals surface area contributed by atoms with Crippen LogP contribution in [0.25, 0.3) is 0 Å². The molecule has 11 heavy (non-hydrogen) atoms. The average Bonchev–Trinajstić information content (AvgIpc) is 2.06. The molecule has 0 aromatic heterocycles. The Bertz CT molecular complexity index is 346. The third kappa shape index (κ3) is 1.49. The summed E-state index contributed by atoms with van der Waals surface area (Å²) in [6.45, 7) is 0. The number of phenolic OH excluding ortho intramolecular Hbond substituents is 1. The Labute approximate surface area is 68.4 Å². The predicted molar refractivity (Wildman–Crippen MR) is 40.0 cm³/mol. The summed E-state index contributed by atoms with van der Waals surface area (Å²) in [7, 11) is -2.64. The third-order valence-corrected chi connectivity index (χ3v) is 1.23. The number of hydrogen-bond donors (Lipinski definition) is 1. The van der Waals surface area contributed by atoms with Crippen LogP contribution in [0.3, 0.4) is 0 Å². The first-order valence-electron chi connectivity index (χ1n) is 4.39. The van der Waals surface area contributed by atoms with E-state index in [0.717, 1.165) is 6.07 Å². The van der Waals surface area contributed by atoms with Gasteiger partial charge in [-0.25, -0.2) is 0 Å². The van der Waals surface area contributed by atoms with Crippen molar-refractivity contribution >= 4 is 6.29 Å². The van der Waals surface area contributed by atoms with E-state index in [1.54, 1.807) is 0 Å². The van der Waals surface area contributed by atoms with Gasteiger partial charge >= 0.3 is 0 Å². The van der Waals surface area contributed by atoms with Crippen molar-refractivity contribution in [1.82, 2.24) is 0 Å². The van der Waals surface area contributed by atoms with Gasteiger partial charge in [0.1, 0.15) is 6.29 Å². The Kier molecular flexibility index (Phi) is 1.22. The van der Waals surface area contributed by atoms with Gasteiger partial charge in [0.2, 0.25) is 0 Å². The molecule has 1 aromatic rings. The highest BCUT2D eigenvalue weighted by Crippen LogP contribution is 2.25. The van der Waals surface area contributed by atoms with Gasteiger partial charge in [0, 0.05) is 5.56 Å². The number of ether oxygens (including phenoxy) is 1. The molecule has 0 amide bonds. The first-order valence-corrected chi connectivity index (χ1v) is 2.89. The van der Waals surface area contributed by atoms with Gasteiger partial charge in [0.15, 0.2) is 11.5 Å². The standard InChI is InChI=1S/C8H8O3/c1-11-8-4-6(5-9)2-3-7(8)10/h2-5,10H,1H3/i1+1D3. The van der Waals surface area contributed by atoms with E-state index in [1.165, 1.54) is 12.1 Å². The predicted octanol–water partition coefficient (Wildman–Crippen LogP) is 1.21. The van der Waals surface area contributed by atoms with Crippen molar-refractivity contribution in [2.24, 2.45) is 0 Å². The molecule has 0 radical (unpaired) electrons. The number of phenols is 1. The van der Waals surface area contributed by atoms with Crippen LogP contribution in [0.2, 0.25) is 0 Å². The van der Waals surface area contributed by atoms with E-state index in [2.05, 4.69) is 4.74 Å². The van der Waals surface area contributed by atoms with Gasteiger partial charge in [-0.05, 0) is 18.2 Å². The number of methoxy groups -OCH3 is 1. The first kappa shape index (κ1) is 4.38. The number of rotatable bonds is 2. The SMILES string of the molecule is [2H][13C]([2H])([2H])Oc1cc(C=O)ccc1O. The molecule has 0 aliphatic carbocycles. The zero-order chi connectivity index (χ0) is 10.8. The van der Waals surface area contributed by atoms with Crippen LogP contribution >= 0.6 is 0 Å². The lowest BCUT2D eigenvalue weighted by Gasteiger charge is -2.01. The topological polar surface area (TPSA) is 46.5 Å². The molecule has 1 N–H and O–H groups in total. The van der Waals surface area contributed by atoms with Gasteiger partial charge in [-0.1, -0.05) is 0 Å². The van der Waals surface area contributed by atoms with Crippen LogP contribution in [0, 0.1) is 0 Å². The average molecular weight is 156 g/mol. The second-order valence-corrected chi connectivity index (χ2v) is 1.95. The monoisotopic (exact) mass is 156 g/mol. The zero-order valence-corrected chi connectivity index (χ0v) is 5.57. The van der Waals surface area contributed by atoms with Gasteiger partial charge in [-0.15, -0.1) is 0 Å². The lowest BCUT2D eigenvalue weighted by molar-refractivity contribution is 0.112. The minimum atomic E-state index is -2.64. The number of hydrogen-bond acceptors (Lipinski definition) is 3. The lowest BCUT2D eigenvalue weighted by Crippen LogP contribution is -1.85. The van der Waals surface area contributed by atoms with Gasteiger partial charge < -0.3 is 9.84 Å². The van der Waals surface area contributed by atoms with Gasteiger partial charge in [0.25, 0.3) is 0 Å². The van der Waals surface area contributed by atoms with E-state index in [9.17, 15) is 9.90 Å². The molecule has 1 aromatic carbocycles. The zero-order valence-electron chi connectivity index (χ0n) is 8.57. The molecule has 0 spiro atoms.